The van der Waals surface area contributed by atoms with Crippen molar-refractivity contribution in [3.8, 4) is 0 Å². The molecule has 2 N–H and O–H groups in total. The van der Waals surface area contributed by atoms with Gasteiger partial charge in [-0.2, -0.15) is 0 Å². The molecule has 0 amide bonds. The molecule has 0 atom stereocenters. The number of aliphatic hydroxyl groups is 2. The molecule has 0 spiro atoms. The summed E-state index contributed by atoms with van der Waals surface area (Å²) in [6, 6.07) is 0. The van der Waals surface area contributed by atoms with Gasteiger partial charge in [-0.25, -0.2) is 0 Å². The van der Waals surface area contributed by atoms with Gasteiger partial charge in [0, 0.05) is 24.8 Å². The molecule has 0 unspecified atom stereocenters. The average Bonchev–Trinajstić information content (AvgIpc) is 1.72. The summed E-state index contributed by atoms with van der Waals surface area (Å²) in [5, 5.41) is 37.0. The molecule has 0 aliphatic rings. The van der Waals surface area contributed by atoms with E-state index in [1.54, 1.807) is 0 Å². The third kappa shape index (κ3) is 36.0. The van der Waals surface area contributed by atoms with E-state index in [4.69, 9.17) is 10.2 Å². The molecule has 0 radical (unpaired) electrons. The third-order valence-corrected chi connectivity index (χ3v) is 1.15. The molecule has 0 heterocycles. The number of carbonyl (C=O) groups excluding carboxylic acids is 2. The molecular formula is C10H20Ca2O6. The third-order valence-electron chi connectivity index (χ3n) is 1.15. The van der Waals surface area contributed by atoms with Crippen LogP contribution >= 0.6 is 0 Å². The zero-order valence-corrected chi connectivity index (χ0v) is 15.8. The molecule has 0 saturated heterocycles. The van der Waals surface area contributed by atoms with Crippen LogP contribution in [0.4, 0.5) is 0 Å². The summed E-state index contributed by atoms with van der Waals surface area (Å²) in [6.07, 6.45) is -0.625. The first-order valence-corrected chi connectivity index (χ1v) is 4.68. The number of aliphatic carboxylic acids is 2. The van der Waals surface area contributed by atoms with Crippen molar-refractivity contribution in [2.75, 3.05) is 0 Å². The maximum atomic E-state index is 9.74. The van der Waals surface area contributed by atoms with E-state index in [0.717, 1.165) is 0 Å². The molecule has 0 fully saturated rings. The molecule has 0 saturated carbocycles. The second kappa shape index (κ2) is 12.1. The molecule has 0 aromatic rings. The summed E-state index contributed by atoms with van der Waals surface area (Å²) in [4.78, 5) is 19.5. The summed E-state index contributed by atoms with van der Waals surface area (Å²) < 4.78 is 0. The number of rotatable bonds is 4. The average molecular weight is 316 g/mol. The van der Waals surface area contributed by atoms with Crippen LogP contribution in [0.2, 0.25) is 0 Å². The summed E-state index contributed by atoms with van der Waals surface area (Å²) >= 11 is 0. The Hall–Kier alpha value is 1.38. The van der Waals surface area contributed by atoms with Gasteiger partial charge in [-0.05, 0) is 27.7 Å². The Bertz CT molecular complexity index is 225. The minimum Gasteiger partial charge on any atom is -1.00 e. The Balaban J connectivity index is -0.0000000408. The van der Waals surface area contributed by atoms with E-state index in [0.29, 0.717) is 0 Å². The van der Waals surface area contributed by atoms with Crippen LogP contribution < -0.4 is 10.2 Å². The Kier molecular flexibility index (Phi) is 18.7. The van der Waals surface area contributed by atoms with Crippen LogP contribution in [0.3, 0.4) is 0 Å². The maximum absolute atomic E-state index is 9.74. The van der Waals surface area contributed by atoms with E-state index in [1.807, 2.05) is 0 Å². The molecule has 0 bridgehead atoms. The van der Waals surface area contributed by atoms with Gasteiger partial charge in [0.05, 0.1) is 11.2 Å². The summed E-state index contributed by atoms with van der Waals surface area (Å²) in [6.45, 7) is 5.68. The van der Waals surface area contributed by atoms with Gasteiger partial charge < -0.3 is 32.9 Å². The number of hydrogen-bond acceptors (Lipinski definition) is 6. The van der Waals surface area contributed by atoms with Gasteiger partial charge in [0.15, 0.2) is 0 Å². The van der Waals surface area contributed by atoms with Crippen molar-refractivity contribution in [3.63, 3.8) is 0 Å². The quantitative estimate of drug-likeness (QED) is 0.543. The van der Waals surface area contributed by atoms with Gasteiger partial charge in [0.25, 0.3) is 0 Å². The van der Waals surface area contributed by atoms with Crippen LogP contribution in [-0.4, -0.2) is 109 Å². The molecule has 0 rings (SSSR count). The van der Waals surface area contributed by atoms with Gasteiger partial charge in [0.1, 0.15) is 0 Å². The van der Waals surface area contributed by atoms with E-state index >= 15 is 0 Å². The molecule has 0 aromatic carbocycles. The van der Waals surface area contributed by atoms with E-state index in [2.05, 4.69) is 0 Å². The summed E-state index contributed by atoms with van der Waals surface area (Å²) in [7, 11) is 0. The minimum absolute atomic E-state index is 0. The van der Waals surface area contributed by atoms with Crippen molar-refractivity contribution in [1.82, 2.24) is 0 Å². The summed E-state index contributed by atoms with van der Waals surface area (Å²) in [5.41, 5.74) is -2.28. The van der Waals surface area contributed by atoms with E-state index in [1.165, 1.54) is 27.7 Å². The van der Waals surface area contributed by atoms with Crippen LogP contribution in [0.25, 0.3) is 0 Å². The van der Waals surface area contributed by atoms with Crippen molar-refractivity contribution in [2.24, 2.45) is 0 Å². The Morgan fingerprint density at radius 1 is 0.889 bits per heavy atom. The number of hydrogen-bond donors (Lipinski definition) is 2. The van der Waals surface area contributed by atoms with Gasteiger partial charge in [-0.1, -0.05) is 0 Å². The van der Waals surface area contributed by atoms with Crippen molar-refractivity contribution < 1.29 is 32.9 Å². The predicted octanol–water partition coefficient (Wildman–Crippen LogP) is -2.74. The second-order valence-electron chi connectivity index (χ2n) is 4.72. The van der Waals surface area contributed by atoms with Crippen LogP contribution in [0.1, 0.15) is 43.4 Å². The van der Waals surface area contributed by atoms with Gasteiger partial charge in [-0.3, -0.25) is 0 Å². The largest absolute Gasteiger partial charge is 2.00 e. The van der Waals surface area contributed by atoms with Gasteiger partial charge in [0.2, 0.25) is 0 Å². The number of carboxylic acids is 2. The van der Waals surface area contributed by atoms with Crippen LogP contribution in [-0.2, 0) is 9.59 Å². The zero-order valence-electron chi connectivity index (χ0n) is 13.4. The number of carboxylic acid groups (broad SMARTS) is 2. The first kappa shape index (κ1) is 27.7. The van der Waals surface area contributed by atoms with Crippen molar-refractivity contribution in [3.05, 3.63) is 0 Å². The number of carbonyl (C=O) groups is 2. The van der Waals surface area contributed by atoms with E-state index in [-0.39, 0.29) is 91.2 Å². The smallest absolute Gasteiger partial charge is 1.00 e. The zero-order chi connectivity index (χ0) is 13.6. The molecular weight excluding hydrogens is 296 g/mol. The van der Waals surface area contributed by atoms with Crippen molar-refractivity contribution in [1.29, 1.82) is 0 Å². The Morgan fingerprint density at radius 3 is 1.06 bits per heavy atom. The fourth-order valence-electron chi connectivity index (χ4n) is 0.706. The fourth-order valence-corrected chi connectivity index (χ4v) is 0.706. The normalized spacial score (nSPS) is 10.1. The Morgan fingerprint density at radius 2 is 1.06 bits per heavy atom. The van der Waals surface area contributed by atoms with Gasteiger partial charge >= 0.3 is 75.5 Å². The van der Waals surface area contributed by atoms with Crippen LogP contribution in [0.5, 0.6) is 0 Å². The molecule has 18 heavy (non-hydrogen) atoms. The first-order chi connectivity index (χ1) is 6.83. The van der Waals surface area contributed by atoms with E-state index in [9.17, 15) is 19.8 Å². The topological polar surface area (TPSA) is 121 Å². The van der Waals surface area contributed by atoms with Crippen molar-refractivity contribution in [2.45, 2.75) is 51.7 Å². The molecule has 0 aromatic heterocycles. The second-order valence-corrected chi connectivity index (χ2v) is 4.72. The standard InChI is InChI=1S/2C5H10O3.2Ca.2H/c2*1-5(2,8)3-4(6)7;;;;/h2*8H,3H2,1-2H3,(H,6,7);;;;/q;;2*+2;2*-1/p-2. The monoisotopic (exact) mass is 316 g/mol. The minimum atomic E-state index is -1.22. The Labute approximate surface area is 170 Å². The maximum Gasteiger partial charge on any atom is 2.00 e. The first-order valence-electron chi connectivity index (χ1n) is 4.68. The molecule has 100 valence electrons. The molecule has 8 heteroatoms. The fraction of sp³-hybridized carbons (Fsp3) is 0.800. The van der Waals surface area contributed by atoms with Crippen LogP contribution in [0, 0.1) is 0 Å². The van der Waals surface area contributed by atoms with Gasteiger partial charge in [-0.15, -0.1) is 0 Å². The predicted molar refractivity (Wildman–Crippen MR) is 65.6 cm³/mol. The van der Waals surface area contributed by atoms with Crippen molar-refractivity contribution >= 4 is 87.4 Å². The van der Waals surface area contributed by atoms with E-state index < -0.39 is 23.1 Å². The van der Waals surface area contributed by atoms with Crippen LogP contribution in [0.15, 0.2) is 0 Å². The SMILES string of the molecule is CC(C)(O)CC(=O)[O-].CC(C)(O)CC(=O)[O-].[Ca+2].[Ca+2].[H-].[H-]. The molecule has 6 nitrogen and oxygen atoms in total. The molecule has 0 aliphatic heterocycles. The molecule has 0 aliphatic carbocycles. The summed E-state index contributed by atoms with van der Waals surface area (Å²) in [5.74, 6) is -2.45.